The molecule has 0 aromatic heterocycles. The molecule has 2 aliphatic carbocycles. The van der Waals surface area contributed by atoms with Crippen molar-refractivity contribution >= 4 is 29.6 Å². The Hall–Kier alpha value is -3.33. The second kappa shape index (κ2) is 13.3. The number of nitrogens with zero attached hydrogens (tertiary/aromatic N) is 1. The van der Waals surface area contributed by atoms with Crippen LogP contribution in [-0.2, 0) is 28.7 Å². The first-order valence-electron chi connectivity index (χ1n) is 14.8. The molecule has 0 aromatic rings. The molecule has 44 heavy (non-hydrogen) atoms. The number of carbonyl (C=O) groups is 5. The lowest BCUT2D eigenvalue weighted by atomic mass is 9.71. The number of piperidine rings is 2. The van der Waals surface area contributed by atoms with Gasteiger partial charge in [-0.25, -0.2) is 13.6 Å². The molecule has 5 fully saturated rings. The summed E-state index contributed by atoms with van der Waals surface area (Å²) in [5.41, 5.74) is 0. The number of amides is 4. The van der Waals surface area contributed by atoms with Gasteiger partial charge in [0.2, 0.25) is 23.5 Å². The van der Waals surface area contributed by atoms with Gasteiger partial charge in [-0.2, -0.15) is 17.6 Å². The van der Waals surface area contributed by atoms with Crippen LogP contribution in [-0.4, -0.2) is 83.9 Å². The Labute approximate surface area is 249 Å². The predicted molar refractivity (Wildman–Crippen MR) is 140 cm³/mol. The summed E-state index contributed by atoms with van der Waals surface area (Å²) in [4.78, 5) is 64.4. The largest absolute Gasteiger partial charge is 0.471 e. The molecule has 6 atom stereocenters. The summed E-state index contributed by atoms with van der Waals surface area (Å²) < 4.78 is 89.1. The van der Waals surface area contributed by atoms with E-state index in [-0.39, 0.29) is 38.2 Å². The molecule has 2 saturated carbocycles. The van der Waals surface area contributed by atoms with E-state index in [1.54, 1.807) is 5.32 Å². The number of carbonyl (C=O) groups excluding carboxylic acids is 5. The van der Waals surface area contributed by atoms with Gasteiger partial charge >= 0.3 is 18.1 Å². The number of fused-ring (bicyclic) bond motifs is 3. The summed E-state index contributed by atoms with van der Waals surface area (Å²) >= 11 is 0. The van der Waals surface area contributed by atoms with Crippen molar-refractivity contribution < 1.29 is 55.1 Å². The van der Waals surface area contributed by atoms with Gasteiger partial charge in [-0.05, 0) is 51.0 Å². The minimum absolute atomic E-state index is 0.0577. The van der Waals surface area contributed by atoms with E-state index in [2.05, 4.69) is 15.4 Å². The second-order valence-corrected chi connectivity index (χ2v) is 11.9. The fraction of sp³-hybridized carbons (Fsp3) is 0.750. The van der Waals surface area contributed by atoms with Crippen LogP contribution in [0.15, 0.2) is 11.9 Å². The molecule has 2 bridgehead atoms. The number of halogens is 6. The molecule has 4 amide bonds. The number of nitrogens with one attached hydrogen (secondary N) is 3. The van der Waals surface area contributed by atoms with Crippen molar-refractivity contribution in [2.45, 2.75) is 101 Å². The maximum Gasteiger partial charge on any atom is 0.471 e. The molecule has 3 aliphatic heterocycles. The first-order valence-corrected chi connectivity index (χ1v) is 14.8. The number of esters is 1. The van der Waals surface area contributed by atoms with Gasteiger partial charge in [-0.15, -0.1) is 0 Å². The standard InChI is InChI=1S/C28H36F6N4O6/c1-2-44-25(42)19(29)12-16(11-15-8-9-35-22(15)39)36-23(40)21-18-7-6-17(13-27(18,30)31)38(21)24(41)20(10-14-4-3-5-14)37-26(43)28(32,33)34/h12,14-18,20-21H,2-11,13H2,1H3,(H,35,39)(H,36,40)(H,37,43)/b19-12+/t15-,16-,17-,18-,20-,21-/m0/s1. The van der Waals surface area contributed by atoms with Gasteiger partial charge in [0.15, 0.2) is 0 Å². The number of hydrogen-bond donors (Lipinski definition) is 3. The van der Waals surface area contributed by atoms with Crippen molar-refractivity contribution in [1.29, 1.82) is 0 Å². The molecule has 5 rings (SSSR count). The van der Waals surface area contributed by atoms with E-state index < -0.39 is 89.9 Å². The van der Waals surface area contributed by atoms with E-state index in [0.717, 1.165) is 11.3 Å². The summed E-state index contributed by atoms with van der Waals surface area (Å²) in [5.74, 6) is -13.7. The Morgan fingerprint density at radius 2 is 1.80 bits per heavy atom. The lowest BCUT2D eigenvalue weighted by molar-refractivity contribution is -0.196. The Morgan fingerprint density at radius 1 is 1.09 bits per heavy atom. The van der Waals surface area contributed by atoms with E-state index in [9.17, 15) is 41.5 Å². The third-order valence-corrected chi connectivity index (χ3v) is 8.96. The number of ether oxygens (including phenoxy) is 1. The van der Waals surface area contributed by atoms with Gasteiger partial charge in [0.1, 0.15) is 12.1 Å². The van der Waals surface area contributed by atoms with Crippen LogP contribution in [0.4, 0.5) is 26.3 Å². The van der Waals surface area contributed by atoms with Gasteiger partial charge in [0.05, 0.1) is 18.6 Å². The predicted octanol–water partition coefficient (Wildman–Crippen LogP) is 2.67. The Balaban J connectivity index is 1.64. The molecule has 0 unspecified atom stereocenters. The minimum atomic E-state index is -5.31. The van der Waals surface area contributed by atoms with E-state index in [0.29, 0.717) is 31.9 Å². The molecule has 246 valence electrons. The number of hydrogen-bond acceptors (Lipinski definition) is 6. The topological polar surface area (TPSA) is 134 Å². The average molecular weight is 639 g/mol. The molecule has 16 heteroatoms. The van der Waals surface area contributed by atoms with Gasteiger partial charge in [-0.3, -0.25) is 19.2 Å². The van der Waals surface area contributed by atoms with Crippen LogP contribution < -0.4 is 16.0 Å². The minimum Gasteiger partial charge on any atom is -0.461 e. The van der Waals surface area contributed by atoms with Gasteiger partial charge in [-0.1, -0.05) is 19.3 Å². The fourth-order valence-corrected chi connectivity index (χ4v) is 6.59. The summed E-state index contributed by atoms with van der Waals surface area (Å²) in [7, 11) is 0. The second-order valence-electron chi connectivity index (χ2n) is 11.9. The Bertz CT molecular complexity index is 1180. The first-order chi connectivity index (χ1) is 20.6. The maximum atomic E-state index is 15.2. The van der Waals surface area contributed by atoms with Gasteiger partial charge in [0, 0.05) is 24.9 Å². The summed E-state index contributed by atoms with van der Waals surface area (Å²) in [5, 5.41) is 6.69. The summed E-state index contributed by atoms with van der Waals surface area (Å²) in [6.07, 6.45) is -3.60. The van der Waals surface area contributed by atoms with E-state index in [1.165, 1.54) is 6.92 Å². The molecule has 3 saturated heterocycles. The lowest BCUT2D eigenvalue weighted by Gasteiger charge is -2.54. The quantitative estimate of drug-likeness (QED) is 0.181. The first kappa shape index (κ1) is 33.6. The summed E-state index contributed by atoms with van der Waals surface area (Å²) in [6.45, 7) is 1.58. The zero-order valence-corrected chi connectivity index (χ0v) is 24.1. The zero-order valence-electron chi connectivity index (χ0n) is 24.1. The third-order valence-electron chi connectivity index (χ3n) is 8.96. The zero-order chi connectivity index (χ0) is 32.4. The third kappa shape index (κ3) is 7.48. The van der Waals surface area contributed by atoms with Crippen LogP contribution in [0.2, 0.25) is 0 Å². The highest BCUT2D eigenvalue weighted by atomic mass is 19.4. The highest BCUT2D eigenvalue weighted by Crippen LogP contribution is 2.49. The molecule has 0 radical (unpaired) electrons. The van der Waals surface area contributed by atoms with Crippen molar-refractivity contribution in [3.8, 4) is 0 Å². The van der Waals surface area contributed by atoms with Crippen molar-refractivity contribution in [2.24, 2.45) is 17.8 Å². The Morgan fingerprint density at radius 3 is 2.34 bits per heavy atom. The van der Waals surface area contributed by atoms with E-state index in [4.69, 9.17) is 0 Å². The number of alkyl halides is 5. The highest BCUT2D eigenvalue weighted by molar-refractivity contribution is 5.94. The maximum absolute atomic E-state index is 15.2. The van der Waals surface area contributed by atoms with Crippen LogP contribution in [0.3, 0.4) is 0 Å². The molecular weight excluding hydrogens is 602 g/mol. The average Bonchev–Trinajstić information content (AvgIpc) is 3.31. The van der Waals surface area contributed by atoms with Crippen molar-refractivity contribution in [2.75, 3.05) is 13.2 Å². The molecule has 3 N–H and O–H groups in total. The van der Waals surface area contributed by atoms with Crippen LogP contribution in [0, 0.1) is 17.8 Å². The van der Waals surface area contributed by atoms with Crippen LogP contribution >= 0.6 is 0 Å². The fourth-order valence-electron chi connectivity index (χ4n) is 6.59. The summed E-state index contributed by atoms with van der Waals surface area (Å²) in [6, 6.07) is -6.15. The van der Waals surface area contributed by atoms with E-state index in [1.807, 2.05) is 0 Å². The number of rotatable bonds is 11. The van der Waals surface area contributed by atoms with Gasteiger partial charge < -0.3 is 25.6 Å². The van der Waals surface area contributed by atoms with Crippen molar-refractivity contribution in [1.82, 2.24) is 20.9 Å². The monoisotopic (exact) mass is 638 g/mol. The highest BCUT2D eigenvalue weighted by Gasteiger charge is 2.61. The molecule has 0 spiro atoms. The van der Waals surface area contributed by atoms with E-state index >= 15 is 8.78 Å². The van der Waals surface area contributed by atoms with Crippen LogP contribution in [0.5, 0.6) is 0 Å². The molecular formula is C28H36F6N4O6. The molecule has 10 nitrogen and oxygen atoms in total. The van der Waals surface area contributed by atoms with Crippen molar-refractivity contribution in [3.05, 3.63) is 11.9 Å². The molecule has 5 aliphatic rings. The molecule has 0 aromatic carbocycles. The normalized spacial score (nSPS) is 28.0. The Kier molecular flexibility index (Phi) is 10.2. The SMILES string of the molecule is CCOC(=O)/C(F)=C\[C@H](C[C@@H]1CCNC1=O)NC(=O)[C@@H]1[C@@H]2CC[C@@H](CC2(F)F)N1C(=O)[C@H](CC1CCC1)NC(=O)C(F)(F)F. The lowest BCUT2D eigenvalue weighted by Crippen LogP contribution is -2.71. The van der Waals surface area contributed by atoms with Gasteiger partial charge in [0.25, 0.3) is 5.92 Å². The smallest absolute Gasteiger partial charge is 0.461 e. The van der Waals surface area contributed by atoms with Crippen molar-refractivity contribution in [3.63, 3.8) is 0 Å². The molecule has 3 heterocycles. The van der Waals surface area contributed by atoms with Crippen LogP contribution in [0.25, 0.3) is 0 Å². The van der Waals surface area contributed by atoms with Crippen LogP contribution in [0.1, 0.15) is 64.7 Å².